The molecular weight excluding hydrogens is 268 g/mol. The number of nitrogens with one attached hydrogen (secondary N) is 2. The summed E-state index contributed by atoms with van der Waals surface area (Å²) in [7, 11) is 2.00. The first kappa shape index (κ1) is 14.0. The zero-order valence-corrected chi connectivity index (χ0v) is 12.1. The Hall–Kier alpha value is -1.92. The first-order chi connectivity index (χ1) is 10.3. The number of benzene rings is 1. The van der Waals surface area contributed by atoms with E-state index in [9.17, 15) is 4.79 Å². The Balaban J connectivity index is 1.56. The largest absolute Gasteiger partial charge is 0.378 e. The summed E-state index contributed by atoms with van der Waals surface area (Å²) in [5, 5.41) is 6.08. The number of ether oxygens (including phenoxy) is 1. The molecule has 1 saturated heterocycles. The van der Waals surface area contributed by atoms with Gasteiger partial charge in [-0.05, 0) is 12.1 Å². The van der Waals surface area contributed by atoms with Crippen LogP contribution in [0.4, 0.5) is 0 Å². The third-order valence-electron chi connectivity index (χ3n) is 3.77. The summed E-state index contributed by atoms with van der Waals surface area (Å²) in [6.45, 7) is 2.42. The van der Waals surface area contributed by atoms with Gasteiger partial charge in [0.1, 0.15) is 11.9 Å². The Morgan fingerprint density at radius 1 is 1.52 bits per heavy atom. The zero-order valence-electron chi connectivity index (χ0n) is 12.1. The number of carbonyl (C=O) groups excluding carboxylic acids is 1. The molecule has 6 heteroatoms. The normalized spacial score (nSPS) is 18.8. The molecule has 2 N–H and O–H groups in total. The Morgan fingerprint density at radius 3 is 3.14 bits per heavy atom. The van der Waals surface area contributed by atoms with Gasteiger partial charge in [-0.1, -0.05) is 12.1 Å². The quantitative estimate of drug-likeness (QED) is 0.844. The van der Waals surface area contributed by atoms with E-state index in [-0.39, 0.29) is 11.9 Å². The van der Waals surface area contributed by atoms with Gasteiger partial charge in [0.05, 0.1) is 24.2 Å². The summed E-state index contributed by atoms with van der Waals surface area (Å²) in [6, 6.07) is 7.80. The van der Waals surface area contributed by atoms with Gasteiger partial charge in [-0.3, -0.25) is 4.79 Å². The van der Waals surface area contributed by atoms with Crippen molar-refractivity contribution in [2.24, 2.45) is 7.05 Å². The van der Waals surface area contributed by atoms with Crippen LogP contribution in [0.5, 0.6) is 0 Å². The molecular formula is C15H20N4O2. The summed E-state index contributed by atoms with van der Waals surface area (Å²) >= 11 is 0. The molecule has 1 atom stereocenters. The topological polar surface area (TPSA) is 68.2 Å². The van der Waals surface area contributed by atoms with Crippen LogP contribution in [0.15, 0.2) is 24.3 Å². The fourth-order valence-corrected chi connectivity index (χ4v) is 2.57. The predicted octanol–water partition coefficient (Wildman–Crippen LogP) is 0.220. The van der Waals surface area contributed by atoms with Crippen LogP contribution in [-0.4, -0.2) is 47.8 Å². The number of aryl methyl sites for hydroxylation is 1. The number of aromatic nitrogens is 2. The lowest BCUT2D eigenvalue weighted by molar-refractivity contribution is -0.125. The zero-order chi connectivity index (χ0) is 14.7. The molecule has 21 heavy (non-hydrogen) atoms. The molecule has 0 saturated carbocycles. The fraction of sp³-hybridized carbons (Fsp3) is 0.467. The van der Waals surface area contributed by atoms with Crippen LogP contribution in [-0.2, 0) is 23.0 Å². The summed E-state index contributed by atoms with van der Waals surface area (Å²) in [5.74, 6) is 0.970. The highest BCUT2D eigenvalue weighted by atomic mass is 16.5. The molecule has 1 aromatic carbocycles. The second-order valence-corrected chi connectivity index (χ2v) is 5.20. The minimum Gasteiger partial charge on any atom is -0.378 e. The van der Waals surface area contributed by atoms with Gasteiger partial charge in [0.15, 0.2) is 0 Å². The van der Waals surface area contributed by atoms with Crippen molar-refractivity contribution >= 4 is 16.9 Å². The summed E-state index contributed by atoms with van der Waals surface area (Å²) in [5.41, 5.74) is 2.10. The van der Waals surface area contributed by atoms with Gasteiger partial charge in [0, 0.05) is 26.6 Å². The van der Waals surface area contributed by atoms with Crippen LogP contribution < -0.4 is 10.6 Å². The van der Waals surface area contributed by atoms with E-state index in [0.717, 1.165) is 23.4 Å². The average molecular weight is 288 g/mol. The molecule has 0 aliphatic carbocycles. The lowest BCUT2D eigenvalue weighted by atomic mass is 10.2. The van der Waals surface area contributed by atoms with Crippen molar-refractivity contribution in [3.8, 4) is 0 Å². The molecule has 0 bridgehead atoms. The molecule has 1 amide bonds. The maximum absolute atomic E-state index is 12.0. The van der Waals surface area contributed by atoms with Crippen molar-refractivity contribution in [3.63, 3.8) is 0 Å². The van der Waals surface area contributed by atoms with Crippen LogP contribution in [0, 0.1) is 0 Å². The third kappa shape index (κ3) is 3.06. The lowest BCUT2D eigenvalue weighted by Crippen LogP contribution is -2.51. The number of morpholine rings is 1. The number of hydrogen-bond acceptors (Lipinski definition) is 4. The van der Waals surface area contributed by atoms with Gasteiger partial charge in [0.2, 0.25) is 5.91 Å². The maximum atomic E-state index is 12.0. The van der Waals surface area contributed by atoms with Crippen molar-refractivity contribution in [1.29, 1.82) is 0 Å². The predicted molar refractivity (Wildman–Crippen MR) is 80.0 cm³/mol. The molecule has 112 valence electrons. The highest BCUT2D eigenvalue weighted by Gasteiger charge is 2.20. The Kier molecular flexibility index (Phi) is 4.17. The van der Waals surface area contributed by atoms with Gasteiger partial charge in [-0.15, -0.1) is 0 Å². The number of amides is 1. The number of rotatable bonds is 4. The van der Waals surface area contributed by atoms with E-state index in [1.807, 2.05) is 31.3 Å². The van der Waals surface area contributed by atoms with Crippen LogP contribution in [0.1, 0.15) is 5.82 Å². The van der Waals surface area contributed by atoms with E-state index in [2.05, 4.69) is 20.2 Å². The molecule has 2 aromatic rings. The fourth-order valence-electron chi connectivity index (χ4n) is 2.57. The minimum atomic E-state index is -0.237. The lowest BCUT2D eigenvalue weighted by Gasteiger charge is -2.22. The third-order valence-corrected chi connectivity index (χ3v) is 3.77. The van der Waals surface area contributed by atoms with E-state index < -0.39 is 0 Å². The SMILES string of the molecule is Cn1c(CCNC(=O)[C@@H]2COCCN2)nc2ccccc21. The average Bonchev–Trinajstić information content (AvgIpc) is 2.85. The smallest absolute Gasteiger partial charge is 0.239 e. The summed E-state index contributed by atoms with van der Waals surface area (Å²) in [4.78, 5) is 16.6. The summed E-state index contributed by atoms with van der Waals surface area (Å²) < 4.78 is 7.36. The second-order valence-electron chi connectivity index (χ2n) is 5.20. The number of hydrogen-bond donors (Lipinski definition) is 2. The summed E-state index contributed by atoms with van der Waals surface area (Å²) in [6.07, 6.45) is 0.713. The van der Waals surface area contributed by atoms with Gasteiger partial charge in [-0.2, -0.15) is 0 Å². The maximum Gasteiger partial charge on any atom is 0.239 e. The van der Waals surface area contributed by atoms with E-state index in [0.29, 0.717) is 26.2 Å². The monoisotopic (exact) mass is 288 g/mol. The molecule has 1 fully saturated rings. The molecule has 0 radical (unpaired) electrons. The van der Waals surface area contributed by atoms with Crippen LogP contribution in [0.25, 0.3) is 11.0 Å². The first-order valence-electron chi connectivity index (χ1n) is 7.25. The molecule has 0 spiro atoms. The van der Waals surface area contributed by atoms with Crippen molar-refractivity contribution in [1.82, 2.24) is 20.2 Å². The van der Waals surface area contributed by atoms with Crippen molar-refractivity contribution < 1.29 is 9.53 Å². The highest BCUT2D eigenvalue weighted by Crippen LogP contribution is 2.14. The molecule has 1 aliphatic heterocycles. The van der Waals surface area contributed by atoms with Gasteiger partial charge in [0.25, 0.3) is 0 Å². The number of imidazole rings is 1. The Bertz CT molecular complexity index is 632. The number of para-hydroxylation sites is 2. The van der Waals surface area contributed by atoms with E-state index in [1.54, 1.807) is 0 Å². The molecule has 1 aliphatic rings. The van der Waals surface area contributed by atoms with Gasteiger partial charge >= 0.3 is 0 Å². The molecule has 2 heterocycles. The molecule has 0 unspecified atom stereocenters. The van der Waals surface area contributed by atoms with Crippen molar-refractivity contribution in [3.05, 3.63) is 30.1 Å². The van der Waals surface area contributed by atoms with Crippen LogP contribution in [0.2, 0.25) is 0 Å². The Morgan fingerprint density at radius 2 is 2.38 bits per heavy atom. The standard InChI is InChI=1S/C15H20N4O2/c1-19-13-5-3-2-4-11(13)18-14(19)6-7-17-15(20)12-10-21-9-8-16-12/h2-5,12,16H,6-10H2,1H3,(H,17,20)/t12-/m0/s1. The van der Waals surface area contributed by atoms with Gasteiger partial charge in [-0.25, -0.2) is 4.98 Å². The van der Waals surface area contributed by atoms with Crippen LogP contribution >= 0.6 is 0 Å². The molecule has 6 nitrogen and oxygen atoms in total. The number of carbonyl (C=O) groups is 1. The number of fused-ring (bicyclic) bond motifs is 1. The van der Waals surface area contributed by atoms with E-state index in [4.69, 9.17) is 4.74 Å². The first-order valence-corrected chi connectivity index (χ1v) is 7.25. The van der Waals surface area contributed by atoms with Gasteiger partial charge < -0.3 is 19.9 Å². The van der Waals surface area contributed by atoms with E-state index in [1.165, 1.54) is 0 Å². The second kappa shape index (κ2) is 6.24. The molecule has 1 aromatic heterocycles. The molecule has 3 rings (SSSR count). The van der Waals surface area contributed by atoms with Crippen LogP contribution in [0.3, 0.4) is 0 Å². The Labute approximate surface area is 123 Å². The van der Waals surface area contributed by atoms with E-state index >= 15 is 0 Å². The van der Waals surface area contributed by atoms with Crippen molar-refractivity contribution in [2.45, 2.75) is 12.5 Å². The van der Waals surface area contributed by atoms with Crippen molar-refractivity contribution in [2.75, 3.05) is 26.3 Å². The number of nitrogens with zero attached hydrogens (tertiary/aromatic N) is 2. The highest BCUT2D eigenvalue weighted by molar-refractivity contribution is 5.82. The minimum absolute atomic E-state index is 0.00605.